The molecule has 8 nitrogen and oxygen atoms in total. The number of amides is 2. The number of pyridine rings is 1. The molecule has 0 bridgehead atoms. The van der Waals surface area contributed by atoms with Crippen LogP contribution >= 0.6 is 0 Å². The lowest BCUT2D eigenvalue weighted by Gasteiger charge is -2.29. The molecule has 3 heterocycles. The number of aromatic nitrogens is 1. The van der Waals surface area contributed by atoms with E-state index in [1.54, 1.807) is 18.3 Å². The van der Waals surface area contributed by atoms with Gasteiger partial charge in [-0.05, 0) is 35.4 Å². The molecule has 2 fully saturated rings. The third-order valence-electron chi connectivity index (χ3n) is 5.50. The first-order valence-electron chi connectivity index (χ1n) is 10.2. The molecule has 2 atom stereocenters. The number of cyclic esters (lactones) is 1. The summed E-state index contributed by atoms with van der Waals surface area (Å²) in [6.07, 6.45) is 1.27. The summed E-state index contributed by atoms with van der Waals surface area (Å²) >= 11 is 0. The molecule has 2 unspecified atom stereocenters. The van der Waals surface area contributed by atoms with Crippen LogP contribution in [-0.2, 0) is 14.3 Å². The number of hydrogen-bond donors (Lipinski definition) is 2. The van der Waals surface area contributed by atoms with Crippen molar-refractivity contribution in [3.05, 3.63) is 47.9 Å². The molecule has 2 aliphatic heterocycles. The van der Waals surface area contributed by atoms with Crippen molar-refractivity contribution in [2.75, 3.05) is 24.5 Å². The van der Waals surface area contributed by atoms with Gasteiger partial charge in [-0.2, -0.15) is 0 Å². The number of carbonyl (C=O) groups excluding carboxylic acids is 3. The van der Waals surface area contributed by atoms with E-state index in [9.17, 15) is 18.8 Å². The van der Waals surface area contributed by atoms with Crippen LogP contribution in [0.2, 0.25) is 0 Å². The number of ether oxygens (including phenoxy) is 1. The summed E-state index contributed by atoms with van der Waals surface area (Å²) in [4.78, 5) is 41.5. The van der Waals surface area contributed by atoms with Gasteiger partial charge >= 0.3 is 6.09 Å². The van der Waals surface area contributed by atoms with E-state index in [1.165, 1.54) is 19.1 Å². The van der Waals surface area contributed by atoms with Crippen molar-refractivity contribution in [3.8, 4) is 11.1 Å². The Bertz CT molecular complexity index is 1020. The number of alkyl carbamates (subject to hydrolysis) is 1. The standard InChI is InChI=1S/C22H23FN4O4/c1-13(28)25-12-19-20(26-22(30)31-19)18-11-14(23)4-5-16(18)17-3-2-8-24-21(17)27-9-6-15(29)7-10-27/h2-5,8,11,19-20H,6-7,9-10,12H2,1H3,(H,25,28)(H,26,30). The van der Waals surface area contributed by atoms with Gasteiger partial charge in [0.2, 0.25) is 5.91 Å². The zero-order chi connectivity index (χ0) is 22.0. The highest BCUT2D eigenvalue weighted by Crippen LogP contribution is 2.38. The molecule has 2 amide bonds. The highest BCUT2D eigenvalue weighted by Gasteiger charge is 2.37. The molecule has 0 aliphatic carbocycles. The van der Waals surface area contributed by atoms with Crippen molar-refractivity contribution >= 4 is 23.6 Å². The van der Waals surface area contributed by atoms with E-state index >= 15 is 0 Å². The Kier molecular flexibility index (Phi) is 5.83. The zero-order valence-corrected chi connectivity index (χ0v) is 17.1. The molecular formula is C22H23FN4O4. The predicted octanol–water partition coefficient (Wildman–Crippen LogP) is 2.34. The summed E-state index contributed by atoms with van der Waals surface area (Å²) in [6.45, 7) is 2.60. The third kappa shape index (κ3) is 4.50. The van der Waals surface area contributed by atoms with Crippen LogP contribution in [0.5, 0.6) is 0 Å². The number of nitrogens with zero attached hydrogens (tertiary/aromatic N) is 2. The molecule has 1 aromatic heterocycles. The summed E-state index contributed by atoms with van der Waals surface area (Å²) in [7, 11) is 0. The van der Waals surface area contributed by atoms with Crippen LogP contribution in [0.1, 0.15) is 31.4 Å². The summed E-state index contributed by atoms with van der Waals surface area (Å²) in [6, 6.07) is 7.40. The minimum Gasteiger partial charge on any atom is -0.442 e. The number of piperidine rings is 1. The number of ketones is 1. The molecule has 0 radical (unpaired) electrons. The number of anilines is 1. The third-order valence-corrected chi connectivity index (χ3v) is 5.50. The second kappa shape index (κ2) is 8.71. The first kappa shape index (κ1) is 20.8. The van der Waals surface area contributed by atoms with Gasteiger partial charge in [0.25, 0.3) is 0 Å². The van der Waals surface area contributed by atoms with Gasteiger partial charge < -0.3 is 20.3 Å². The molecule has 2 aromatic rings. The van der Waals surface area contributed by atoms with E-state index in [1.807, 2.05) is 11.0 Å². The lowest BCUT2D eigenvalue weighted by Crippen LogP contribution is -2.35. The van der Waals surface area contributed by atoms with Gasteiger partial charge in [-0.3, -0.25) is 9.59 Å². The average molecular weight is 426 g/mol. The molecule has 1 aromatic carbocycles. The van der Waals surface area contributed by atoms with Crippen molar-refractivity contribution in [1.82, 2.24) is 15.6 Å². The molecular weight excluding hydrogens is 403 g/mol. The molecule has 0 saturated carbocycles. The second-order valence-corrected chi connectivity index (χ2v) is 7.63. The summed E-state index contributed by atoms with van der Waals surface area (Å²) in [5.41, 5.74) is 2.00. The minimum atomic E-state index is -0.690. The molecule has 2 saturated heterocycles. The first-order chi connectivity index (χ1) is 14.9. The molecule has 2 aliphatic rings. The molecule has 162 valence electrons. The second-order valence-electron chi connectivity index (χ2n) is 7.63. The van der Waals surface area contributed by atoms with E-state index in [4.69, 9.17) is 4.74 Å². The smallest absolute Gasteiger partial charge is 0.408 e. The SMILES string of the molecule is CC(=O)NCC1OC(=O)NC1c1cc(F)ccc1-c1cccnc1N1CCC(=O)CC1. The highest BCUT2D eigenvalue weighted by atomic mass is 19.1. The van der Waals surface area contributed by atoms with E-state index in [2.05, 4.69) is 15.6 Å². The largest absolute Gasteiger partial charge is 0.442 e. The Hall–Kier alpha value is -3.49. The monoisotopic (exact) mass is 426 g/mol. The van der Waals surface area contributed by atoms with Crippen LogP contribution < -0.4 is 15.5 Å². The first-order valence-corrected chi connectivity index (χ1v) is 10.2. The van der Waals surface area contributed by atoms with Gasteiger partial charge in [0.1, 0.15) is 23.5 Å². The van der Waals surface area contributed by atoms with Crippen molar-refractivity contribution in [2.24, 2.45) is 0 Å². The van der Waals surface area contributed by atoms with Gasteiger partial charge in [0, 0.05) is 44.6 Å². The average Bonchev–Trinajstić information content (AvgIpc) is 3.13. The number of nitrogens with one attached hydrogen (secondary N) is 2. The Morgan fingerprint density at radius 2 is 2.03 bits per heavy atom. The Morgan fingerprint density at radius 3 is 2.77 bits per heavy atom. The van der Waals surface area contributed by atoms with Gasteiger partial charge in [0.15, 0.2) is 0 Å². The topological polar surface area (TPSA) is 101 Å². The quantitative estimate of drug-likeness (QED) is 0.761. The minimum absolute atomic E-state index is 0.100. The predicted molar refractivity (Wildman–Crippen MR) is 111 cm³/mol. The van der Waals surface area contributed by atoms with Crippen LogP contribution in [0, 0.1) is 5.82 Å². The number of Topliss-reactive ketones (excluding diaryl/α,β-unsaturated/α-hetero) is 1. The Balaban J connectivity index is 1.74. The Morgan fingerprint density at radius 1 is 1.26 bits per heavy atom. The molecule has 4 rings (SSSR count). The van der Waals surface area contributed by atoms with E-state index in [-0.39, 0.29) is 18.2 Å². The molecule has 31 heavy (non-hydrogen) atoms. The van der Waals surface area contributed by atoms with Gasteiger partial charge in [-0.25, -0.2) is 14.2 Å². The number of carbonyl (C=O) groups is 3. The summed E-state index contributed by atoms with van der Waals surface area (Å²) < 4.78 is 19.6. The number of benzene rings is 1. The van der Waals surface area contributed by atoms with Crippen molar-refractivity contribution in [2.45, 2.75) is 31.9 Å². The number of rotatable bonds is 5. The molecule has 0 spiro atoms. The lowest BCUT2D eigenvalue weighted by atomic mass is 9.92. The van der Waals surface area contributed by atoms with E-state index in [0.29, 0.717) is 42.9 Å². The Labute approximate surface area is 178 Å². The van der Waals surface area contributed by atoms with E-state index in [0.717, 1.165) is 5.56 Å². The number of halogens is 1. The fourth-order valence-electron chi connectivity index (χ4n) is 4.00. The van der Waals surface area contributed by atoms with Gasteiger partial charge in [-0.15, -0.1) is 0 Å². The number of hydrogen-bond acceptors (Lipinski definition) is 6. The fraction of sp³-hybridized carbons (Fsp3) is 0.364. The van der Waals surface area contributed by atoms with Gasteiger partial charge in [0.05, 0.1) is 12.6 Å². The van der Waals surface area contributed by atoms with Crippen LogP contribution in [0.3, 0.4) is 0 Å². The van der Waals surface area contributed by atoms with Gasteiger partial charge in [-0.1, -0.05) is 6.07 Å². The summed E-state index contributed by atoms with van der Waals surface area (Å²) in [5.74, 6) is 0.219. The molecule has 9 heteroatoms. The van der Waals surface area contributed by atoms with Crippen LogP contribution in [0.4, 0.5) is 15.0 Å². The van der Waals surface area contributed by atoms with E-state index < -0.39 is 24.1 Å². The lowest BCUT2D eigenvalue weighted by molar-refractivity contribution is -0.120. The fourth-order valence-corrected chi connectivity index (χ4v) is 4.00. The molecule has 2 N–H and O–H groups in total. The van der Waals surface area contributed by atoms with Crippen molar-refractivity contribution < 1.29 is 23.5 Å². The van der Waals surface area contributed by atoms with Crippen LogP contribution in [0.25, 0.3) is 11.1 Å². The highest BCUT2D eigenvalue weighted by molar-refractivity contribution is 5.84. The summed E-state index contributed by atoms with van der Waals surface area (Å²) in [5, 5.41) is 5.37. The zero-order valence-electron chi connectivity index (χ0n) is 17.1. The normalized spacial score (nSPS) is 20.9. The van der Waals surface area contributed by atoms with Crippen LogP contribution in [0.15, 0.2) is 36.5 Å². The van der Waals surface area contributed by atoms with Crippen molar-refractivity contribution in [1.29, 1.82) is 0 Å². The maximum Gasteiger partial charge on any atom is 0.408 e. The maximum absolute atomic E-state index is 14.3. The van der Waals surface area contributed by atoms with Crippen LogP contribution in [-0.4, -0.2) is 48.5 Å². The van der Waals surface area contributed by atoms with Crippen molar-refractivity contribution in [3.63, 3.8) is 0 Å². The maximum atomic E-state index is 14.3.